The minimum absolute atomic E-state index is 0.0393. The molecule has 0 spiro atoms. The summed E-state index contributed by atoms with van der Waals surface area (Å²) in [5.41, 5.74) is 2.96. The molecule has 1 atom stereocenters. The Morgan fingerprint density at radius 2 is 2.30 bits per heavy atom. The Morgan fingerprint density at radius 1 is 1.48 bits per heavy atom. The van der Waals surface area contributed by atoms with E-state index in [1.54, 1.807) is 6.07 Å². The van der Waals surface area contributed by atoms with Gasteiger partial charge in [-0.2, -0.15) is 5.10 Å². The lowest BCUT2D eigenvalue weighted by Crippen LogP contribution is -2.38. The molecule has 2 aromatic heterocycles. The molecule has 1 N–H and O–H groups in total. The number of rotatable bonds is 4. The number of aryl methyl sites for hydroxylation is 1. The SMILES string of the molecule is Cc1cn[nH]c1[C@@H]1CCCCN1C(=O)c1cc(CC(C)C)no1. The van der Waals surface area contributed by atoms with Crippen molar-refractivity contribution in [1.82, 2.24) is 20.3 Å². The summed E-state index contributed by atoms with van der Waals surface area (Å²) in [4.78, 5) is 14.8. The molecule has 6 nitrogen and oxygen atoms in total. The lowest BCUT2D eigenvalue weighted by atomic mass is 9.97. The van der Waals surface area contributed by atoms with Crippen molar-refractivity contribution in [2.45, 2.75) is 52.5 Å². The van der Waals surface area contributed by atoms with Crippen LogP contribution < -0.4 is 0 Å². The van der Waals surface area contributed by atoms with Crippen molar-refractivity contribution >= 4 is 5.91 Å². The number of nitrogens with one attached hydrogen (secondary N) is 1. The van der Waals surface area contributed by atoms with Crippen LogP contribution in [0.5, 0.6) is 0 Å². The van der Waals surface area contributed by atoms with Gasteiger partial charge in [0.05, 0.1) is 23.6 Å². The Kier molecular flexibility index (Phi) is 4.50. The van der Waals surface area contributed by atoms with Crippen LogP contribution in [0.15, 0.2) is 16.8 Å². The van der Waals surface area contributed by atoms with Gasteiger partial charge < -0.3 is 9.42 Å². The molecule has 1 fully saturated rings. The van der Waals surface area contributed by atoms with E-state index in [9.17, 15) is 4.79 Å². The largest absolute Gasteiger partial charge is 0.351 e. The van der Waals surface area contributed by atoms with Gasteiger partial charge in [-0.1, -0.05) is 19.0 Å². The second-order valence-electron chi connectivity index (χ2n) is 6.76. The molecule has 1 aliphatic rings. The molecule has 3 heterocycles. The molecular weight excluding hydrogens is 292 g/mol. The maximum absolute atomic E-state index is 12.9. The van der Waals surface area contributed by atoms with Crippen LogP contribution in [0, 0.1) is 12.8 Å². The van der Waals surface area contributed by atoms with Crippen molar-refractivity contribution in [1.29, 1.82) is 0 Å². The van der Waals surface area contributed by atoms with Gasteiger partial charge in [0.15, 0.2) is 0 Å². The van der Waals surface area contributed by atoms with Crippen LogP contribution in [-0.4, -0.2) is 32.7 Å². The smallest absolute Gasteiger partial charge is 0.293 e. The molecule has 1 saturated heterocycles. The third-order valence-corrected chi connectivity index (χ3v) is 4.35. The zero-order valence-electron chi connectivity index (χ0n) is 14.0. The summed E-state index contributed by atoms with van der Waals surface area (Å²) in [6.45, 7) is 7.00. The van der Waals surface area contributed by atoms with Crippen molar-refractivity contribution in [2.75, 3.05) is 6.54 Å². The Labute approximate surface area is 136 Å². The Bertz CT molecular complexity index is 674. The fraction of sp³-hybridized carbons (Fsp3) is 0.588. The summed E-state index contributed by atoms with van der Waals surface area (Å²) in [5, 5.41) is 11.2. The van der Waals surface area contributed by atoms with Crippen LogP contribution >= 0.6 is 0 Å². The van der Waals surface area contributed by atoms with E-state index in [4.69, 9.17) is 4.52 Å². The molecular formula is C17H24N4O2. The second-order valence-corrected chi connectivity index (χ2v) is 6.76. The van der Waals surface area contributed by atoms with Crippen LogP contribution in [0.25, 0.3) is 0 Å². The summed E-state index contributed by atoms with van der Waals surface area (Å²) in [7, 11) is 0. The molecule has 23 heavy (non-hydrogen) atoms. The Balaban J connectivity index is 1.81. The molecule has 124 valence electrons. The number of H-pyrrole nitrogens is 1. The summed E-state index contributed by atoms with van der Waals surface area (Å²) in [6, 6.07) is 1.82. The summed E-state index contributed by atoms with van der Waals surface area (Å²) >= 11 is 0. The van der Waals surface area contributed by atoms with Crippen molar-refractivity contribution in [2.24, 2.45) is 5.92 Å². The molecule has 0 saturated carbocycles. The number of carbonyl (C=O) groups excluding carboxylic acids is 1. The number of aromatic amines is 1. The molecule has 0 aromatic carbocycles. The molecule has 3 rings (SSSR count). The van der Waals surface area contributed by atoms with E-state index in [0.29, 0.717) is 11.7 Å². The van der Waals surface area contributed by atoms with Crippen LogP contribution in [-0.2, 0) is 6.42 Å². The Hall–Kier alpha value is -2.11. The monoisotopic (exact) mass is 316 g/mol. The van der Waals surface area contributed by atoms with E-state index >= 15 is 0 Å². The first-order chi connectivity index (χ1) is 11.1. The number of likely N-dealkylation sites (tertiary alicyclic amines) is 1. The van der Waals surface area contributed by atoms with E-state index in [1.807, 2.05) is 18.0 Å². The molecule has 1 aliphatic heterocycles. The van der Waals surface area contributed by atoms with E-state index in [0.717, 1.165) is 49.2 Å². The number of hydrogen-bond acceptors (Lipinski definition) is 4. The number of amides is 1. The fourth-order valence-electron chi connectivity index (χ4n) is 3.24. The number of nitrogens with zero attached hydrogens (tertiary/aromatic N) is 3. The van der Waals surface area contributed by atoms with E-state index in [2.05, 4.69) is 29.2 Å². The van der Waals surface area contributed by atoms with Gasteiger partial charge in [0.2, 0.25) is 5.76 Å². The first-order valence-corrected chi connectivity index (χ1v) is 8.32. The van der Waals surface area contributed by atoms with Gasteiger partial charge in [-0.05, 0) is 44.1 Å². The number of piperidine rings is 1. The summed E-state index contributed by atoms with van der Waals surface area (Å²) in [5.74, 6) is 0.745. The molecule has 0 bridgehead atoms. The maximum Gasteiger partial charge on any atom is 0.293 e. The zero-order valence-corrected chi connectivity index (χ0v) is 14.0. The lowest BCUT2D eigenvalue weighted by Gasteiger charge is -2.34. The van der Waals surface area contributed by atoms with Gasteiger partial charge in [0, 0.05) is 12.6 Å². The lowest BCUT2D eigenvalue weighted by molar-refractivity contribution is 0.0563. The molecule has 0 radical (unpaired) electrons. The average molecular weight is 316 g/mol. The highest BCUT2D eigenvalue weighted by atomic mass is 16.5. The molecule has 2 aromatic rings. The molecule has 0 aliphatic carbocycles. The topological polar surface area (TPSA) is 75.0 Å². The quantitative estimate of drug-likeness (QED) is 0.939. The fourth-order valence-corrected chi connectivity index (χ4v) is 3.24. The first kappa shape index (κ1) is 15.8. The van der Waals surface area contributed by atoms with E-state index < -0.39 is 0 Å². The minimum atomic E-state index is -0.0776. The van der Waals surface area contributed by atoms with Crippen molar-refractivity contribution in [3.8, 4) is 0 Å². The standard InChI is InChI=1S/C17H24N4O2/c1-11(2)8-13-9-15(23-20-13)17(22)21-7-5-4-6-14(21)16-12(3)10-18-19-16/h9-11,14H,4-8H2,1-3H3,(H,18,19)/t14-/m0/s1. The third kappa shape index (κ3) is 3.30. The maximum atomic E-state index is 12.9. The molecule has 1 amide bonds. The highest BCUT2D eigenvalue weighted by Gasteiger charge is 2.32. The van der Waals surface area contributed by atoms with E-state index in [-0.39, 0.29) is 11.9 Å². The van der Waals surface area contributed by atoms with Crippen LogP contribution in [0.4, 0.5) is 0 Å². The number of carbonyl (C=O) groups is 1. The van der Waals surface area contributed by atoms with Gasteiger partial charge in [-0.15, -0.1) is 0 Å². The highest BCUT2D eigenvalue weighted by molar-refractivity contribution is 5.91. The van der Waals surface area contributed by atoms with E-state index in [1.165, 1.54) is 0 Å². The predicted molar refractivity (Wildman–Crippen MR) is 86.0 cm³/mol. The number of hydrogen-bond donors (Lipinski definition) is 1. The van der Waals surface area contributed by atoms with Gasteiger partial charge in [0.25, 0.3) is 5.91 Å². The average Bonchev–Trinajstić information content (AvgIpc) is 3.15. The van der Waals surface area contributed by atoms with Crippen molar-refractivity contribution in [3.05, 3.63) is 35.0 Å². The highest BCUT2D eigenvalue weighted by Crippen LogP contribution is 2.32. The molecule has 6 heteroatoms. The van der Waals surface area contributed by atoms with Gasteiger partial charge >= 0.3 is 0 Å². The summed E-state index contributed by atoms with van der Waals surface area (Å²) < 4.78 is 5.31. The van der Waals surface area contributed by atoms with Crippen molar-refractivity contribution < 1.29 is 9.32 Å². The first-order valence-electron chi connectivity index (χ1n) is 8.32. The van der Waals surface area contributed by atoms with Gasteiger partial charge in [-0.3, -0.25) is 9.89 Å². The van der Waals surface area contributed by atoms with Crippen molar-refractivity contribution in [3.63, 3.8) is 0 Å². The summed E-state index contributed by atoms with van der Waals surface area (Å²) in [6.07, 6.45) is 5.70. The van der Waals surface area contributed by atoms with Gasteiger partial charge in [-0.25, -0.2) is 0 Å². The normalized spacial score (nSPS) is 18.6. The minimum Gasteiger partial charge on any atom is -0.351 e. The second kappa shape index (κ2) is 6.56. The van der Waals surface area contributed by atoms with Gasteiger partial charge in [0.1, 0.15) is 0 Å². The third-order valence-electron chi connectivity index (χ3n) is 4.35. The van der Waals surface area contributed by atoms with Crippen LogP contribution in [0.3, 0.4) is 0 Å². The Morgan fingerprint density at radius 3 is 3.00 bits per heavy atom. The van der Waals surface area contributed by atoms with Crippen LogP contribution in [0.2, 0.25) is 0 Å². The predicted octanol–water partition coefficient (Wildman–Crippen LogP) is 3.27. The zero-order chi connectivity index (χ0) is 16.4. The molecule has 0 unspecified atom stereocenters. The van der Waals surface area contributed by atoms with Crippen LogP contribution in [0.1, 0.15) is 66.7 Å². The number of aromatic nitrogens is 3.